The first-order valence-corrected chi connectivity index (χ1v) is 5.66. The van der Waals surface area contributed by atoms with Crippen molar-refractivity contribution in [2.24, 2.45) is 0 Å². The van der Waals surface area contributed by atoms with Crippen LogP contribution in [0.15, 0.2) is 11.8 Å². The van der Waals surface area contributed by atoms with Crippen LogP contribution in [0, 0.1) is 0 Å². The maximum absolute atomic E-state index is 11.1. The highest BCUT2D eigenvalue weighted by Crippen LogP contribution is 2.37. The number of allylic oxidation sites excluding steroid dienone is 1. The molecule has 0 saturated carbocycles. The molecule has 0 aromatic rings. The molecule has 0 radical (unpaired) electrons. The number of carbonyl (C=O) groups is 2. The van der Waals surface area contributed by atoms with E-state index in [1.165, 1.54) is 0 Å². The number of amides is 1. The van der Waals surface area contributed by atoms with E-state index in [1.807, 2.05) is 6.08 Å². The topological polar surface area (TPSA) is 37.4 Å². The average molecular weight is 295 g/mol. The Labute approximate surface area is 87.7 Å². The van der Waals surface area contributed by atoms with Crippen molar-refractivity contribution in [3.05, 3.63) is 11.8 Å². The fourth-order valence-electron chi connectivity index (χ4n) is 1.32. The molecule has 0 spiro atoms. The number of rotatable bonds is 1. The predicted molar refractivity (Wildman–Crippen MR) is 54.8 cm³/mol. The Kier molecular flexibility index (Phi) is 2.16. The van der Waals surface area contributed by atoms with E-state index in [0.717, 1.165) is 5.75 Å². The summed E-state index contributed by atoms with van der Waals surface area (Å²) in [5, 5.41) is 0.233. The molecule has 0 bridgehead atoms. The molecule has 1 fully saturated rings. The summed E-state index contributed by atoms with van der Waals surface area (Å²) in [4.78, 5) is 23.7. The molecule has 1 amide bonds. The van der Waals surface area contributed by atoms with Gasteiger partial charge in [-0.05, 0) is 6.08 Å². The van der Waals surface area contributed by atoms with Crippen LogP contribution in [0.5, 0.6) is 0 Å². The van der Waals surface area contributed by atoms with E-state index in [0.29, 0.717) is 12.1 Å². The summed E-state index contributed by atoms with van der Waals surface area (Å²) in [6.45, 7) is 0. The van der Waals surface area contributed by atoms with Gasteiger partial charge in [-0.1, -0.05) is 0 Å². The number of hydrogen-bond acceptors (Lipinski definition) is 3. The fraction of sp³-hybridized carbons (Fsp3) is 0.429. The van der Waals surface area contributed by atoms with Crippen LogP contribution in [0.4, 0.5) is 0 Å². The zero-order chi connectivity index (χ0) is 8.72. The van der Waals surface area contributed by atoms with Gasteiger partial charge >= 0.3 is 0 Å². The van der Waals surface area contributed by atoms with Crippen LogP contribution in [-0.4, -0.2) is 25.7 Å². The second-order valence-electron chi connectivity index (χ2n) is 2.62. The molecule has 0 aliphatic carbocycles. The molecule has 0 aromatic heterocycles. The van der Waals surface area contributed by atoms with Crippen LogP contribution in [-0.2, 0) is 9.59 Å². The highest BCUT2D eigenvalue weighted by atomic mass is 127. The molecule has 2 aliphatic heterocycles. The first-order chi connectivity index (χ1) is 5.70. The minimum Gasteiger partial charge on any atom is -0.295 e. The van der Waals surface area contributed by atoms with Crippen LogP contribution in [0.1, 0.15) is 6.42 Å². The summed E-state index contributed by atoms with van der Waals surface area (Å²) in [6, 6.07) is 0. The van der Waals surface area contributed by atoms with Crippen LogP contribution < -0.4 is 0 Å². The lowest BCUT2D eigenvalue weighted by molar-refractivity contribution is -0.140. The lowest BCUT2D eigenvalue weighted by Gasteiger charge is -2.42. The van der Waals surface area contributed by atoms with E-state index in [4.69, 9.17) is 0 Å². The normalized spacial score (nSPS) is 27.4. The maximum Gasteiger partial charge on any atom is 0.238 e. The molecular weight excluding hydrogens is 289 g/mol. The van der Waals surface area contributed by atoms with Gasteiger partial charge in [-0.3, -0.25) is 14.5 Å². The Morgan fingerprint density at radius 2 is 2.50 bits per heavy atom. The van der Waals surface area contributed by atoms with Crippen molar-refractivity contribution in [2.45, 2.75) is 11.8 Å². The third-order valence-corrected chi connectivity index (χ3v) is 3.61. The largest absolute Gasteiger partial charge is 0.295 e. The Morgan fingerprint density at radius 1 is 1.75 bits per heavy atom. The fourth-order valence-corrected chi connectivity index (χ4v) is 2.92. The molecule has 0 aromatic carbocycles. The molecule has 12 heavy (non-hydrogen) atoms. The van der Waals surface area contributed by atoms with E-state index >= 15 is 0 Å². The number of hydrogen-bond donors (Lipinski definition) is 0. The van der Waals surface area contributed by atoms with Crippen LogP contribution in [0.3, 0.4) is 0 Å². The monoisotopic (exact) mass is 295 g/mol. The smallest absolute Gasteiger partial charge is 0.238 e. The van der Waals surface area contributed by atoms with Gasteiger partial charge in [-0.15, -0.1) is 11.8 Å². The van der Waals surface area contributed by atoms with E-state index in [2.05, 4.69) is 0 Å². The van der Waals surface area contributed by atoms with E-state index in [9.17, 15) is 9.59 Å². The average Bonchev–Trinajstić information content (AvgIpc) is 2.01. The highest BCUT2D eigenvalue weighted by molar-refractivity contribution is 14.1. The van der Waals surface area contributed by atoms with Gasteiger partial charge in [0.15, 0.2) is 0 Å². The van der Waals surface area contributed by atoms with Crippen LogP contribution in [0.2, 0.25) is 0 Å². The minimum atomic E-state index is -0.0362. The van der Waals surface area contributed by atoms with Crippen molar-refractivity contribution >= 4 is 44.0 Å². The third-order valence-electron chi connectivity index (χ3n) is 1.93. The summed E-state index contributed by atoms with van der Waals surface area (Å²) >= 11 is 3.43. The summed E-state index contributed by atoms with van der Waals surface area (Å²) in [5.41, 5.74) is 0.579. The standard InChI is InChI=1S/C7H6INO2S/c8-7(11)4-1-2-12-6-3-5(10)9(4)6/h1,6H,2-3H2/t6-/m0/s1. The molecule has 1 atom stereocenters. The van der Waals surface area contributed by atoms with Gasteiger partial charge in [-0.25, -0.2) is 0 Å². The van der Waals surface area contributed by atoms with Gasteiger partial charge in [0.05, 0.1) is 17.5 Å². The van der Waals surface area contributed by atoms with E-state index in [-0.39, 0.29) is 15.1 Å². The summed E-state index contributed by atoms with van der Waals surface area (Å²) < 4.78 is -0.0362. The number of halogens is 1. The molecular formula is C7H6INO2S. The molecule has 3 nitrogen and oxygen atoms in total. The molecule has 5 heteroatoms. The quantitative estimate of drug-likeness (QED) is 0.413. The second-order valence-corrected chi connectivity index (χ2v) is 4.81. The molecule has 2 aliphatic rings. The van der Waals surface area contributed by atoms with Crippen molar-refractivity contribution in [1.29, 1.82) is 0 Å². The molecule has 0 unspecified atom stereocenters. The Bertz CT molecular complexity index is 289. The minimum absolute atomic E-state index is 0.0362. The molecule has 2 rings (SSSR count). The first kappa shape index (κ1) is 8.55. The van der Waals surface area contributed by atoms with E-state index < -0.39 is 0 Å². The third kappa shape index (κ3) is 1.19. The van der Waals surface area contributed by atoms with Gasteiger partial charge < -0.3 is 0 Å². The number of β-lactam (4-membered cyclic amide) rings is 1. The lowest BCUT2D eigenvalue weighted by atomic mass is 10.1. The zero-order valence-corrected chi connectivity index (χ0v) is 9.09. The summed E-state index contributed by atoms with van der Waals surface area (Å²) in [7, 11) is 0. The van der Waals surface area contributed by atoms with Gasteiger partial charge in [0.2, 0.25) is 9.70 Å². The lowest BCUT2D eigenvalue weighted by Crippen LogP contribution is -2.52. The van der Waals surface area contributed by atoms with Crippen molar-refractivity contribution in [1.82, 2.24) is 4.90 Å². The Balaban J connectivity index is 2.26. The van der Waals surface area contributed by atoms with Gasteiger partial charge in [0.25, 0.3) is 0 Å². The van der Waals surface area contributed by atoms with Gasteiger partial charge in [0, 0.05) is 28.3 Å². The SMILES string of the molecule is O=C(I)C1=CCS[C@H]2CC(=O)N12. The van der Waals surface area contributed by atoms with Crippen molar-refractivity contribution in [3.8, 4) is 0 Å². The van der Waals surface area contributed by atoms with Gasteiger partial charge in [0.1, 0.15) is 0 Å². The molecule has 2 heterocycles. The van der Waals surface area contributed by atoms with Crippen LogP contribution >= 0.6 is 34.4 Å². The van der Waals surface area contributed by atoms with Crippen LogP contribution in [0.25, 0.3) is 0 Å². The number of thioether (sulfide) groups is 1. The summed E-state index contributed by atoms with van der Waals surface area (Å²) in [6.07, 6.45) is 2.42. The van der Waals surface area contributed by atoms with E-state index in [1.54, 1.807) is 39.3 Å². The zero-order valence-electron chi connectivity index (χ0n) is 6.12. The first-order valence-electron chi connectivity index (χ1n) is 3.54. The summed E-state index contributed by atoms with van der Waals surface area (Å²) in [5.74, 6) is 0.918. The van der Waals surface area contributed by atoms with Crippen molar-refractivity contribution in [3.63, 3.8) is 0 Å². The Hall–Kier alpha value is -0.0400. The maximum atomic E-state index is 11.1. The molecule has 64 valence electrons. The number of fused-ring (bicyclic) bond motifs is 1. The Morgan fingerprint density at radius 3 is 3.00 bits per heavy atom. The number of nitrogens with zero attached hydrogens (tertiary/aromatic N) is 1. The number of carbonyl (C=O) groups excluding carboxylic acids is 2. The van der Waals surface area contributed by atoms with Gasteiger partial charge in [-0.2, -0.15) is 0 Å². The predicted octanol–water partition coefficient (Wildman–Crippen LogP) is 1.14. The second kappa shape index (κ2) is 3.02. The highest BCUT2D eigenvalue weighted by Gasteiger charge is 2.41. The molecule has 0 N–H and O–H groups in total. The molecule has 1 saturated heterocycles. The van der Waals surface area contributed by atoms with Crippen molar-refractivity contribution < 1.29 is 9.59 Å². The van der Waals surface area contributed by atoms with Crippen molar-refractivity contribution in [2.75, 3.05) is 5.75 Å².